The normalized spacial score (nSPS) is 11.9. The summed E-state index contributed by atoms with van der Waals surface area (Å²) in [7, 11) is 3.10. The van der Waals surface area contributed by atoms with E-state index in [9.17, 15) is 4.79 Å². The summed E-state index contributed by atoms with van der Waals surface area (Å²) in [5.74, 6) is 0.750. The molecule has 0 aliphatic heterocycles. The standard InChI is InChI=1S/C16H25NO3/c1-13(17-12-4-5-16(18)20-3)6-7-14-8-10-15(19-2)11-9-14/h8-11,13,17H,4-7,12H2,1-3H3. The fourth-order valence-corrected chi connectivity index (χ4v) is 1.96. The van der Waals surface area contributed by atoms with Gasteiger partial charge in [0.1, 0.15) is 5.75 Å². The summed E-state index contributed by atoms with van der Waals surface area (Å²) >= 11 is 0. The Bertz CT molecular complexity index is 389. The van der Waals surface area contributed by atoms with Gasteiger partial charge < -0.3 is 14.8 Å². The number of carbonyl (C=O) groups is 1. The maximum atomic E-state index is 11.0. The molecular formula is C16H25NO3. The van der Waals surface area contributed by atoms with E-state index in [-0.39, 0.29) is 5.97 Å². The van der Waals surface area contributed by atoms with Gasteiger partial charge in [0.05, 0.1) is 14.2 Å². The third kappa shape index (κ3) is 6.57. The van der Waals surface area contributed by atoms with E-state index in [1.807, 2.05) is 12.1 Å². The van der Waals surface area contributed by atoms with Gasteiger partial charge in [-0.15, -0.1) is 0 Å². The Morgan fingerprint density at radius 3 is 2.55 bits per heavy atom. The molecule has 0 saturated heterocycles. The second kappa shape index (κ2) is 9.37. The van der Waals surface area contributed by atoms with Crippen molar-refractivity contribution < 1.29 is 14.3 Å². The number of nitrogens with one attached hydrogen (secondary N) is 1. The molecule has 0 amide bonds. The van der Waals surface area contributed by atoms with Crippen LogP contribution in [0, 0.1) is 0 Å². The maximum absolute atomic E-state index is 11.0. The minimum atomic E-state index is -0.141. The molecule has 0 spiro atoms. The van der Waals surface area contributed by atoms with E-state index in [2.05, 4.69) is 29.1 Å². The highest BCUT2D eigenvalue weighted by molar-refractivity contribution is 5.69. The molecule has 1 rings (SSSR count). The van der Waals surface area contributed by atoms with Gasteiger partial charge in [0.15, 0.2) is 0 Å². The van der Waals surface area contributed by atoms with Crippen LogP contribution in [-0.2, 0) is 16.0 Å². The molecule has 1 aromatic rings. The summed E-state index contributed by atoms with van der Waals surface area (Å²) in [6.45, 7) is 3.01. The predicted molar refractivity (Wildman–Crippen MR) is 80.0 cm³/mol. The van der Waals surface area contributed by atoms with Gasteiger partial charge in [-0.3, -0.25) is 4.79 Å². The number of benzene rings is 1. The SMILES string of the molecule is COC(=O)CCCNC(C)CCc1ccc(OC)cc1. The molecule has 0 bridgehead atoms. The van der Waals surface area contributed by atoms with Gasteiger partial charge in [-0.05, 0) is 50.4 Å². The van der Waals surface area contributed by atoms with Crippen LogP contribution in [0.15, 0.2) is 24.3 Å². The van der Waals surface area contributed by atoms with Crippen LogP contribution in [0.1, 0.15) is 31.7 Å². The number of hydrogen-bond acceptors (Lipinski definition) is 4. The van der Waals surface area contributed by atoms with E-state index < -0.39 is 0 Å². The van der Waals surface area contributed by atoms with Crippen molar-refractivity contribution in [2.24, 2.45) is 0 Å². The second-order valence-electron chi connectivity index (χ2n) is 4.92. The molecule has 0 saturated carbocycles. The zero-order valence-electron chi connectivity index (χ0n) is 12.6. The summed E-state index contributed by atoms with van der Waals surface area (Å²) in [4.78, 5) is 11.0. The average molecular weight is 279 g/mol. The highest BCUT2D eigenvalue weighted by atomic mass is 16.5. The Labute approximate surface area is 121 Å². The first-order valence-electron chi connectivity index (χ1n) is 7.09. The molecule has 0 aromatic heterocycles. The molecule has 0 aliphatic rings. The molecule has 1 N–H and O–H groups in total. The van der Waals surface area contributed by atoms with Crippen LogP contribution in [0.4, 0.5) is 0 Å². The lowest BCUT2D eigenvalue weighted by Gasteiger charge is -2.13. The molecule has 20 heavy (non-hydrogen) atoms. The van der Waals surface area contributed by atoms with E-state index in [1.165, 1.54) is 12.7 Å². The van der Waals surface area contributed by atoms with Crippen molar-refractivity contribution >= 4 is 5.97 Å². The van der Waals surface area contributed by atoms with E-state index in [4.69, 9.17) is 4.74 Å². The Hall–Kier alpha value is -1.55. The summed E-state index contributed by atoms with van der Waals surface area (Å²) in [5.41, 5.74) is 1.31. The van der Waals surface area contributed by atoms with E-state index >= 15 is 0 Å². The molecule has 112 valence electrons. The van der Waals surface area contributed by atoms with Gasteiger partial charge in [0.25, 0.3) is 0 Å². The maximum Gasteiger partial charge on any atom is 0.305 e. The predicted octanol–water partition coefficient (Wildman–Crippen LogP) is 2.56. The van der Waals surface area contributed by atoms with Gasteiger partial charge in [-0.25, -0.2) is 0 Å². The number of hydrogen-bond donors (Lipinski definition) is 1. The first-order chi connectivity index (χ1) is 9.65. The Morgan fingerprint density at radius 1 is 1.25 bits per heavy atom. The quantitative estimate of drug-likeness (QED) is 0.557. The van der Waals surface area contributed by atoms with Gasteiger partial charge in [-0.1, -0.05) is 12.1 Å². The lowest BCUT2D eigenvalue weighted by Crippen LogP contribution is -2.27. The largest absolute Gasteiger partial charge is 0.497 e. The molecule has 0 fully saturated rings. The van der Waals surface area contributed by atoms with Crippen LogP contribution in [0.25, 0.3) is 0 Å². The zero-order chi connectivity index (χ0) is 14.8. The van der Waals surface area contributed by atoms with Crippen molar-refractivity contribution in [1.82, 2.24) is 5.32 Å². The second-order valence-corrected chi connectivity index (χ2v) is 4.92. The van der Waals surface area contributed by atoms with Crippen molar-refractivity contribution in [2.45, 2.75) is 38.6 Å². The van der Waals surface area contributed by atoms with Crippen LogP contribution in [-0.4, -0.2) is 32.8 Å². The Morgan fingerprint density at radius 2 is 1.95 bits per heavy atom. The fraction of sp³-hybridized carbons (Fsp3) is 0.562. The minimum absolute atomic E-state index is 0.141. The topological polar surface area (TPSA) is 47.6 Å². The van der Waals surface area contributed by atoms with Gasteiger partial charge in [0.2, 0.25) is 0 Å². The molecular weight excluding hydrogens is 254 g/mol. The van der Waals surface area contributed by atoms with Crippen LogP contribution < -0.4 is 10.1 Å². The van der Waals surface area contributed by atoms with Crippen molar-refractivity contribution in [3.63, 3.8) is 0 Å². The molecule has 4 heteroatoms. The summed E-state index contributed by atoms with van der Waals surface area (Å²) < 4.78 is 9.74. The van der Waals surface area contributed by atoms with Crippen molar-refractivity contribution in [3.8, 4) is 5.75 Å². The summed E-state index contributed by atoms with van der Waals surface area (Å²) in [5, 5.41) is 3.42. The summed E-state index contributed by atoms with van der Waals surface area (Å²) in [6.07, 6.45) is 3.41. The molecule has 1 aromatic carbocycles. The third-order valence-corrected chi connectivity index (χ3v) is 3.30. The number of carbonyl (C=O) groups excluding carboxylic acids is 1. The van der Waals surface area contributed by atoms with Crippen molar-refractivity contribution in [1.29, 1.82) is 0 Å². The van der Waals surface area contributed by atoms with E-state index in [0.717, 1.165) is 31.6 Å². The number of methoxy groups -OCH3 is 2. The Kier molecular flexibility index (Phi) is 7.73. The van der Waals surface area contributed by atoms with Crippen LogP contribution >= 0.6 is 0 Å². The Balaban J connectivity index is 2.15. The molecule has 0 radical (unpaired) electrons. The highest BCUT2D eigenvalue weighted by Gasteiger charge is 2.04. The lowest BCUT2D eigenvalue weighted by molar-refractivity contribution is -0.140. The minimum Gasteiger partial charge on any atom is -0.497 e. The zero-order valence-corrected chi connectivity index (χ0v) is 12.6. The number of ether oxygens (including phenoxy) is 2. The van der Waals surface area contributed by atoms with E-state index in [0.29, 0.717) is 12.5 Å². The monoisotopic (exact) mass is 279 g/mol. The average Bonchev–Trinajstić information content (AvgIpc) is 2.49. The fourth-order valence-electron chi connectivity index (χ4n) is 1.96. The van der Waals surface area contributed by atoms with Crippen molar-refractivity contribution in [3.05, 3.63) is 29.8 Å². The number of aryl methyl sites for hydroxylation is 1. The van der Waals surface area contributed by atoms with Gasteiger partial charge in [-0.2, -0.15) is 0 Å². The van der Waals surface area contributed by atoms with Gasteiger partial charge >= 0.3 is 5.97 Å². The molecule has 0 heterocycles. The number of esters is 1. The molecule has 0 aliphatic carbocycles. The van der Waals surface area contributed by atoms with Crippen LogP contribution in [0.5, 0.6) is 5.75 Å². The third-order valence-electron chi connectivity index (χ3n) is 3.30. The first kappa shape index (κ1) is 16.5. The highest BCUT2D eigenvalue weighted by Crippen LogP contribution is 2.13. The van der Waals surface area contributed by atoms with Crippen LogP contribution in [0.2, 0.25) is 0 Å². The first-order valence-corrected chi connectivity index (χ1v) is 7.09. The lowest BCUT2D eigenvalue weighted by atomic mass is 10.1. The van der Waals surface area contributed by atoms with Crippen molar-refractivity contribution in [2.75, 3.05) is 20.8 Å². The van der Waals surface area contributed by atoms with Gasteiger partial charge in [0, 0.05) is 12.5 Å². The number of rotatable bonds is 9. The summed E-state index contributed by atoms with van der Waals surface area (Å²) in [6, 6.07) is 8.62. The molecule has 1 unspecified atom stereocenters. The smallest absolute Gasteiger partial charge is 0.305 e. The molecule has 1 atom stereocenters. The van der Waals surface area contributed by atoms with Crippen LogP contribution in [0.3, 0.4) is 0 Å². The molecule has 4 nitrogen and oxygen atoms in total. The van der Waals surface area contributed by atoms with E-state index in [1.54, 1.807) is 7.11 Å².